The molecule has 2 N–H and O–H groups in total. The van der Waals surface area contributed by atoms with Crippen LogP contribution in [0.15, 0.2) is 24.3 Å². The summed E-state index contributed by atoms with van der Waals surface area (Å²) in [5.74, 6) is -0.0125. The molecule has 0 aliphatic rings. The molecule has 0 spiro atoms. The first-order valence-electron chi connectivity index (χ1n) is 5.87. The number of carbonyl (C=O) groups excluding carboxylic acids is 1. The Bertz CT molecular complexity index is 495. The van der Waals surface area contributed by atoms with Crippen LogP contribution in [0.4, 0.5) is 11.4 Å². The molecule has 1 aromatic carbocycles. The number of amides is 1. The van der Waals surface area contributed by atoms with Crippen LogP contribution >= 0.6 is 0 Å². The van der Waals surface area contributed by atoms with Crippen molar-refractivity contribution in [3.63, 3.8) is 0 Å². The Labute approximate surface area is 108 Å². The Balaban J connectivity index is 2.66. The van der Waals surface area contributed by atoms with Crippen molar-refractivity contribution < 1.29 is 13.2 Å². The van der Waals surface area contributed by atoms with Crippen molar-refractivity contribution in [3.8, 4) is 0 Å². The molecule has 0 aliphatic carbocycles. The van der Waals surface area contributed by atoms with Gasteiger partial charge in [-0.05, 0) is 37.6 Å². The highest BCUT2D eigenvalue weighted by Gasteiger charge is 2.06. The molecule has 0 aliphatic heterocycles. The van der Waals surface area contributed by atoms with Crippen molar-refractivity contribution in [3.05, 3.63) is 24.3 Å². The van der Waals surface area contributed by atoms with Crippen molar-refractivity contribution in [2.75, 3.05) is 15.8 Å². The summed E-state index contributed by atoms with van der Waals surface area (Å²) < 4.78 is 25.1. The average Bonchev–Trinajstić information content (AvgIpc) is 2.32. The third-order valence-electron chi connectivity index (χ3n) is 2.30. The topological polar surface area (TPSA) is 75.3 Å². The molecule has 0 saturated carbocycles. The lowest BCUT2D eigenvalue weighted by Gasteiger charge is -2.08. The first-order chi connectivity index (χ1) is 8.46. The predicted molar refractivity (Wildman–Crippen MR) is 73.1 cm³/mol. The van der Waals surface area contributed by atoms with Gasteiger partial charge in [0.1, 0.15) is 0 Å². The smallest absolute Gasteiger partial charge is 0.232 e. The zero-order valence-electron chi connectivity index (χ0n) is 10.6. The summed E-state index contributed by atoms with van der Waals surface area (Å²) in [7, 11) is -3.25. The van der Waals surface area contributed by atoms with Gasteiger partial charge in [-0.3, -0.25) is 9.52 Å². The minimum absolute atomic E-state index is 0.0297. The fourth-order valence-corrected chi connectivity index (χ4v) is 1.96. The van der Waals surface area contributed by atoms with Crippen molar-refractivity contribution in [1.82, 2.24) is 0 Å². The second kappa shape index (κ2) is 6.39. The highest BCUT2D eigenvalue weighted by Crippen LogP contribution is 2.15. The molecule has 6 heteroatoms. The summed E-state index contributed by atoms with van der Waals surface area (Å²) >= 11 is 0. The maximum Gasteiger partial charge on any atom is 0.232 e. The Morgan fingerprint density at radius 1 is 1.11 bits per heavy atom. The summed E-state index contributed by atoms with van der Waals surface area (Å²) in [5, 5.41) is 2.73. The van der Waals surface area contributed by atoms with Crippen LogP contribution in [-0.4, -0.2) is 20.1 Å². The lowest BCUT2D eigenvalue weighted by Crippen LogP contribution is -2.14. The van der Waals surface area contributed by atoms with Gasteiger partial charge < -0.3 is 5.32 Å². The first kappa shape index (κ1) is 14.5. The van der Waals surface area contributed by atoms with E-state index in [-0.39, 0.29) is 11.7 Å². The van der Waals surface area contributed by atoms with E-state index in [2.05, 4.69) is 10.0 Å². The number of hydrogen-bond donors (Lipinski definition) is 2. The minimum atomic E-state index is -3.25. The van der Waals surface area contributed by atoms with Crippen LogP contribution in [0.5, 0.6) is 0 Å². The molecule has 0 atom stereocenters. The molecular formula is C12H18N2O3S. The highest BCUT2D eigenvalue weighted by molar-refractivity contribution is 7.92. The molecule has 0 radical (unpaired) electrons. The maximum atomic E-state index is 11.3. The SMILES string of the molecule is CCCC(=O)Nc1ccc(NS(=O)(=O)CC)cc1. The van der Waals surface area contributed by atoms with E-state index in [0.29, 0.717) is 17.8 Å². The van der Waals surface area contributed by atoms with Crippen LogP contribution in [-0.2, 0) is 14.8 Å². The van der Waals surface area contributed by atoms with Gasteiger partial charge in [0.15, 0.2) is 0 Å². The summed E-state index contributed by atoms with van der Waals surface area (Å²) in [5.41, 5.74) is 1.15. The van der Waals surface area contributed by atoms with E-state index in [1.165, 1.54) is 0 Å². The molecule has 1 rings (SSSR count). The number of anilines is 2. The number of carbonyl (C=O) groups is 1. The molecule has 1 aromatic rings. The zero-order valence-corrected chi connectivity index (χ0v) is 11.4. The molecule has 18 heavy (non-hydrogen) atoms. The quantitative estimate of drug-likeness (QED) is 0.832. The summed E-state index contributed by atoms with van der Waals surface area (Å²) in [6.07, 6.45) is 1.27. The molecule has 0 heterocycles. The van der Waals surface area contributed by atoms with Crippen LogP contribution in [0.1, 0.15) is 26.7 Å². The lowest BCUT2D eigenvalue weighted by atomic mass is 10.2. The Hall–Kier alpha value is -1.56. The van der Waals surface area contributed by atoms with Gasteiger partial charge in [0.2, 0.25) is 15.9 Å². The Morgan fingerprint density at radius 3 is 2.17 bits per heavy atom. The fourth-order valence-electron chi connectivity index (χ4n) is 1.32. The standard InChI is InChI=1S/C12H18N2O3S/c1-3-5-12(15)13-10-6-8-11(9-7-10)14-18(16,17)4-2/h6-9,14H,3-5H2,1-2H3,(H,13,15). The van der Waals surface area contributed by atoms with Gasteiger partial charge in [-0.15, -0.1) is 0 Å². The number of sulfonamides is 1. The molecule has 0 unspecified atom stereocenters. The second-order valence-electron chi connectivity index (χ2n) is 3.88. The molecule has 0 fully saturated rings. The minimum Gasteiger partial charge on any atom is -0.326 e. The van der Waals surface area contributed by atoms with Crippen molar-refractivity contribution >= 4 is 27.3 Å². The third kappa shape index (κ3) is 4.75. The Kier molecular flexibility index (Phi) is 5.15. The van der Waals surface area contributed by atoms with Gasteiger partial charge >= 0.3 is 0 Å². The van der Waals surface area contributed by atoms with Gasteiger partial charge in [0, 0.05) is 17.8 Å². The van der Waals surface area contributed by atoms with Gasteiger partial charge in [0.05, 0.1) is 5.75 Å². The number of nitrogens with one attached hydrogen (secondary N) is 2. The van der Waals surface area contributed by atoms with E-state index in [9.17, 15) is 13.2 Å². The highest BCUT2D eigenvalue weighted by atomic mass is 32.2. The van der Waals surface area contributed by atoms with E-state index < -0.39 is 10.0 Å². The van der Waals surface area contributed by atoms with Crippen LogP contribution in [0.25, 0.3) is 0 Å². The van der Waals surface area contributed by atoms with Gasteiger partial charge in [-0.1, -0.05) is 6.92 Å². The molecule has 0 aromatic heterocycles. The molecule has 0 bridgehead atoms. The average molecular weight is 270 g/mol. The normalized spacial score (nSPS) is 11.0. The van der Waals surface area contributed by atoms with E-state index in [0.717, 1.165) is 6.42 Å². The van der Waals surface area contributed by atoms with Gasteiger partial charge in [0.25, 0.3) is 0 Å². The van der Waals surface area contributed by atoms with Crippen molar-refractivity contribution in [2.45, 2.75) is 26.7 Å². The second-order valence-corrected chi connectivity index (χ2v) is 5.89. The number of benzene rings is 1. The molecule has 100 valence electrons. The van der Waals surface area contributed by atoms with E-state index >= 15 is 0 Å². The number of hydrogen-bond acceptors (Lipinski definition) is 3. The molecular weight excluding hydrogens is 252 g/mol. The van der Waals surface area contributed by atoms with Crippen LogP contribution in [0.3, 0.4) is 0 Å². The summed E-state index contributed by atoms with van der Waals surface area (Å²) in [6.45, 7) is 3.50. The first-order valence-corrected chi connectivity index (χ1v) is 7.52. The van der Waals surface area contributed by atoms with Crippen LogP contribution in [0.2, 0.25) is 0 Å². The van der Waals surface area contributed by atoms with Crippen LogP contribution < -0.4 is 10.0 Å². The van der Waals surface area contributed by atoms with Crippen molar-refractivity contribution in [2.24, 2.45) is 0 Å². The van der Waals surface area contributed by atoms with Gasteiger partial charge in [-0.2, -0.15) is 0 Å². The maximum absolute atomic E-state index is 11.3. The monoisotopic (exact) mass is 270 g/mol. The lowest BCUT2D eigenvalue weighted by molar-refractivity contribution is -0.116. The third-order valence-corrected chi connectivity index (χ3v) is 3.61. The summed E-state index contributed by atoms with van der Waals surface area (Å²) in [6, 6.07) is 6.58. The zero-order chi connectivity index (χ0) is 13.6. The Morgan fingerprint density at radius 2 is 1.67 bits per heavy atom. The van der Waals surface area contributed by atoms with Crippen LogP contribution in [0, 0.1) is 0 Å². The van der Waals surface area contributed by atoms with E-state index in [1.807, 2.05) is 6.92 Å². The van der Waals surface area contributed by atoms with E-state index in [4.69, 9.17) is 0 Å². The number of rotatable bonds is 6. The predicted octanol–water partition coefficient (Wildman–Crippen LogP) is 2.19. The molecule has 5 nitrogen and oxygen atoms in total. The largest absolute Gasteiger partial charge is 0.326 e. The van der Waals surface area contributed by atoms with E-state index in [1.54, 1.807) is 31.2 Å². The van der Waals surface area contributed by atoms with Gasteiger partial charge in [-0.25, -0.2) is 8.42 Å². The molecule has 0 saturated heterocycles. The molecule has 1 amide bonds. The summed E-state index contributed by atoms with van der Waals surface area (Å²) in [4.78, 5) is 11.3. The van der Waals surface area contributed by atoms with Crippen molar-refractivity contribution in [1.29, 1.82) is 0 Å². The fraction of sp³-hybridized carbons (Fsp3) is 0.417.